The Morgan fingerprint density at radius 3 is 2.22 bits per heavy atom. The number of nitrogens with one attached hydrogen (secondary N) is 1. The molecule has 174 valence electrons. The van der Waals surface area contributed by atoms with Gasteiger partial charge in [0.1, 0.15) is 23.0 Å². The number of alkyl halides is 3. The zero-order chi connectivity index (χ0) is 24.1. The van der Waals surface area contributed by atoms with Crippen LogP contribution in [0.4, 0.5) is 18.0 Å². The van der Waals surface area contributed by atoms with E-state index < -0.39 is 35.5 Å². The molecule has 0 heterocycles. The smallest absolute Gasteiger partial charge is 0.417 e. The fourth-order valence-electron chi connectivity index (χ4n) is 2.84. The van der Waals surface area contributed by atoms with Crippen LogP contribution in [0.15, 0.2) is 42.5 Å². The van der Waals surface area contributed by atoms with Gasteiger partial charge in [-0.15, -0.1) is 0 Å². The molecule has 0 saturated carbocycles. The Labute approximate surface area is 184 Å². The van der Waals surface area contributed by atoms with Crippen molar-refractivity contribution < 1.29 is 37.0 Å². The van der Waals surface area contributed by atoms with Gasteiger partial charge < -0.3 is 19.5 Å². The van der Waals surface area contributed by atoms with Gasteiger partial charge in [0.05, 0.1) is 19.2 Å². The fourth-order valence-corrected chi connectivity index (χ4v) is 2.84. The van der Waals surface area contributed by atoms with Crippen molar-refractivity contribution in [3.63, 3.8) is 0 Å². The largest absolute Gasteiger partial charge is 0.488 e. The van der Waals surface area contributed by atoms with E-state index in [1.807, 2.05) is 0 Å². The first-order valence-electron chi connectivity index (χ1n) is 9.84. The average molecular weight is 453 g/mol. The number of hydrogen-bond acceptors (Lipinski definition) is 5. The fraction of sp³-hybridized carbons (Fsp3) is 0.391. The molecule has 0 aliphatic rings. The van der Waals surface area contributed by atoms with E-state index in [2.05, 4.69) is 5.32 Å². The van der Waals surface area contributed by atoms with Crippen LogP contribution in [0.2, 0.25) is 0 Å². The third-order valence-corrected chi connectivity index (χ3v) is 4.18. The van der Waals surface area contributed by atoms with Crippen molar-refractivity contribution in [2.24, 2.45) is 0 Å². The molecule has 1 amide bonds. The number of rotatable bonds is 6. The number of carbonyl (C=O) groups is 2. The molecule has 1 unspecified atom stereocenters. The molecule has 0 bridgehead atoms. The Bertz CT molecular complexity index is 953. The minimum Gasteiger partial charge on any atom is -0.488 e. The molecule has 0 spiro atoms. The molecule has 2 rings (SSSR count). The van der Waals surface area contributed by atoms with Crippen molar-refractivity contribution in [3.8, 4) is 16.9 Å². The predicted molar refractivity (Wildman–Crippen MR) is 113 cm³/mol. The number of halogens is 3. The van der Waals surface area contributed by atoms with Crippen LogP contribution in [-0.2, 0) is 15.7 Å². The van der Waals surface area contributed by atoms with E-state index in [9.17, 15) is 22.8 Å². The van der Waals surface area contributed by atoms with Crippen LogP contribution in [0.5, 0.6) is 5.75 Å². The molecule has 0 aliphatic heterocycles. The maximum absolute atomic E-state index is 13.8. The standard InChI is InChI=1S/C23H26F3NO5/c1-14(13-27-21(29)32-22(2,3)4)31-19-12-18(23(24,25)26)16(11-17(19)20(28)30-5)15-9-7-6-8-10-15/h6-12,14H,13H2,1-5H3,(H,27,29). The van der Waals surface area contributed by atoms with Gasteiger partial charge in [-0.1, -0.05) is 30.3 Å². The van der Waals surface area contributed by atoms with E-state index in [-0.39, 0.29) is 29.0 Å². The molecule has 32 heavy (non-hydrogen) atoms. The van der Waals surface area contributed by atoms with E-state index in [4.69, 9.17) is 14.2 Å². The number of ether oxygens (including phenoxy) is 3. The number of methoxy groups -OCH3 is 1. The number of alkyl carbamates (subject to hydrolysis) is 1. The second-order valence-corrected chi connectivity index (χ2v) is 8.06. The first-order valence-corrected chi connectivity index (χ1v) is 9.84. The third-order valence-electron chi connectivity index (χ3n) is 4.18. The SMILES string of the molecule is COC(=O)c1cc(-c2ccccc2)c(C(F)(F)F)cc1OC(C)CNC(=O)OC(C)(C)C. The van der Waals surface area contributed by atoms with Crippen LogP contribution >= 0.6 is 0 Å². The van der Waals surface area contributed by atoms with Gasteiger partial charge in [0, 0.05) is 0 Å². The van der Waals surface area contributed by atoms with Gasteiger partial charge in [0.2, 0.25) is 0 Å². The summed E-state index contributed by atoms with van der Waals surface area (Å²) in [6.45, 7) is 6.57. The summed E-state index contributed by atoms with van der Waals surface area (Å²) >= 11 is 0. The van der Waals surface area contributed by atoms with Crippen molar-refractivity contribution >= 4 is 12.1 Å². The molecule has 0 aliphatic carbocycles. The molecule has 0 aromatic heterocycles. The monoisotopic (exact) mass is 453 g/mol. The highest BCUT2D eigenvalue weighted by Gasteiger charge is 2.36. The average Bonchev–Trinajstić information content (AvgIpc) is 2.70. The summed E-state index contributed by atoms with van der Waals surface area (Å²) in [5.41, 5.74) is -1.72. The Balaban J connectivity index is 2.39. The molecule has 6 nitrogen and oxygen atoms in total. The van der Waals surface area contributed by atoms with Gasteiger partial charge in [-0.3, -0.25) is 0 Å². The van der Waals surface area contributed by atoms with Crippen LogP contribution in [0.1, 0.15) is 43.6 Å². The summed E-state index contributed by atoms with van der Waals surface area (Å²) in [5.74, 6) is -1.15. The molecule has 2 aromatic rings. The summed E-state index contributed by atoms with van der Waals surface area (Å²) in [7, 11) is 1.12. The first-order chi connectivity index (χ1) is 14.8. The van der Waals surface area contributed by atoms with E-state index in [1.54, 1.807) is 39.0 Å². The van der Waals surface area contributed by atoms with Crippen LogP contribution < -0.4 is 10.1 Å². The highest BCUT2D eigenvalue weighted by atomic mass is 19.4. The molecule has 9 heteroatoms. The molecule has 1 N–H and O–H groups in total. The van der Waals surface area contributed by atoms with Gasteiger partial charge >= 0.3 is 18.2 Å². The minimum atomic E-state index is -4.70. The van der Waals surface area contributed by atoms with E-state index in [0.717, 1.165) is 19.2 Å². The molecular formula is C23H26F3NO5. The van der Waals surface area contributed by atoms with E-state index >= 15 is 0 Å². The molecule has 0 saturated heterocycles. The van der Waals surface area contributed by atoms with E-state index in [0.29, 0.717) is 0 Å². The maximum Gasteiger partial charge on any atom is 0.417 e. The molecular weight excluding hydrogens is 427 g/mol. The van der Waals surface area contributed by atoms with Gasteiger partial charge in [-0.05, 0) is 51.0 Å². The Morgan fingerprint density at radius 1 is 1.06 bits per heavy atom. The zero-order valence-corrected chi connectivity index (χ0v) is 18.5. The molecule has 0 fully saturated rings. The maximum atomic E-state index is 13.8. The van der Waals surface area contributed by atoms with Crippen molar-refractivity contribution in [1.29, 1.82) is 0 Å². The summed E-state index contributed by atoms with van der Waals surface area (Å²) in [4.78, 5) is 24.1. The minimum absolute atomic E-state index is 0.0582. The summed E-state index contributed by atoms with van der Waals surface area (Å²) in [6.07, 6.45) is -6.17. The number of esters is 1. The lowest BCUT2D eigenvalue weighted by atomic mass is 9.96. The van der Waals surface area contributed by atoms with Gasteiger partial charge in [0.25, 0.3) is 0 Å². The zero-order valence-electron chi connectivity index (χ0n) is 18.5. The number of benzene rings is 2. The molecule has 0 radical (unpaired) electrons. The lowest BCUT2D eigenvalue weighted by Crippen LogP contribution is -2.37. The highest BCUT2D eigenvalue weighted by Crippen LogP contribution is 2.41. The van der Waals surface area contributed by atoms with Crippen molar-refractivity contribution in [1.82, 2.24) is 5.32 Å². The van der Waals surface area contributed by atoms with Gasteiger partial charge in [-0.2, -0.15) is 13.2 Å². The van der Waals surface area contributed by atoms with Gasteiger partial charge in [0.15, 0.2) is 0 Å². The van der Waals surface area contributed by atoms with Crippen molar-refractivity contribution in [3.05, 3.63) is 53.6 Å². The summed E-state index contributed by atoms with van der Waals surface area (Å²) in [5, 5.41) is 2.48. The van der Waals surface area contributed by atoms with Crippen LogP contribution in [0.3, 0.4) is 0 Å². The Hall–Kier alpha value is -3.23. The number of carbonyl (C=O) groups excluding carboxylic acids is 2. The normalized spacial score (nSPS) is 12.6. The molecule has 1 atom stereocenters. The number of amides is 1. The Morgan fingerprint density at radius 2 is 1.69 bits per heavy atom. The topological polar surface area (TPSA) is 73.9 Å². The molecule has 2 aromatic carbocycles. The second-order valence-electron chi connectivity index (χ2n) is 8.06. The summed E-state index contributed by atoms with van der Waals surface area (Å²) in [6, 6.07) is 9.78. The van der Waals surface area contributed by atoms with Crippen LogP contribution in [-0.4, -0.2) is 37.4 Å². The van der Waals surface area contributed by atoms with Crippen molar-refractivity contribution in [2.45, 2.75) is 45.6 Å². The number of hydrogen-bond donors (Lipinski definition) is 1. The lowest BCUT2D eigenvalue weighted by molar-refractivity contribution is -0.137. The van der Waals surface area contributed by atoms with Gasteiger partial charge in [-0.25, -0.2) is 9.59 Å². The first kappa shape index (κ1) is 25.0. The summed E-state index contributed by atoms with van der Waals surface area (Å²) < 4.78 is 57.0. The lowest BCUT2D eigenvalue weighted by Gasteiger charge is -2.22. The predicted octanol–water partition coefficient (Wildman–Crippen LogP) is 5.45. The third kappa shape index (κ3) is 6.90. The second kappa shape index (κ2) is 9.93. The van der Waals surface area contributed by atoms with E-state index in [1.165, 1.54) is 19.1 Å². The van der Waals surface area contributed by atoms with Crippen molar-refractivity contribution in [2.75, 3.05) is 13.7 Å². The Kier molecular flexibility index (Phi) is 7.77. The quantitative estimate of drug-likeness (QED) is 0.589. The van der Waals surface area contributed by atoms with Crippen LogP contribution in [0.25, 0.3) is 11.1 Å². The highest BCUT2D eigenvalue weighted by molar-refractivity contribution is 5.94. The van der Waals surface area contributed by atoms with Crippen LogP contribution in [0, 0.1) is 0 Å².